The molecule has 7 heteroatoms. The van der Waals surface area contributed by atoms with Crippen LogP contribution in [0.5, 0.6) is 0 Å². The van der Waals surface area contributed by atoms with E-state index in [0.717, 1.165) is 24.2 Å². The van der Waals surface area contributed by atoms with Crippen LogP contribution in [-0.4, -0.2) is 32.8 Å². The van der Waals surface area contributed by atoms with Gasteiger partial charge in [0.25, 0.3) is 0 Å². The quantitative estimate of drug-likeness (QED) is 0.851. The summed E-state index contributed by atoms with van der Waals surface area (Å²) in [4.78, 5) is 0. The predicted molar refractivity (Wildman–Crippen MR) is 69.0 cm³/mol. The van der Waals surface area contributed by atoms with Crippen molar-refractivity contribution in [3.05, 3.63) is 17.0 Å². The van der Waals surface area contributed by atoms with Gasteiger partial charge in [0, 0.05) is 13.2 Å². The first-order valence-corrected chi connectivity index (χ1v) is 8.15. The lowest BCUT2D eigenvalue weighted by atomic mass is 10.3. The second-order valence-electron chi connectivity index (χ2n) is 4.42. The number of ether oxygens (including phenoxy) is 1. The molecule has 0 radical (unpaired) electrons. The van der Waals surface area contributed by atoms with Crippen molar-refractivity contribution in [2.24, 2.45) is 0 Å². The van der Waals surface area contributed by atoms with Crippen molar-refractivity contribution in [3.8, 4) is 0 Å². The maximum Gasteiger partial charge on any atom is 0.250 e. The average Bonchev–Trinajstić information content (AvgIpc) is 2.96. The lowest BCUT2D eigenvalue weighted by Gasteiger charge is -2.12. The largest absolute Gasteiger partial charge is 0.392 e. The zero-order valence-electron chi connectivity index (χ0n) is 10.1. The van der Waals surface area contributed by atoms with E-state index in [9.17, 15) is 8.42 Å². The Balaban J connectivity index is 2.03. The second kappa shape index (κ2) is 5.66. The van der Waals surface area contributed by atoms with Gasteiger partial charge in [-0.2, -0.15) is 0 Å². The van der Waals surface area contributed by atoms with Crippen LogP contribution >= 0.6 is 11.3 Å². The first kappa shape index (κ1) is 14.0. The van der Waals surface area contributed by atoms with E-state index in [0.29, 0.717) is 12.0 Å². The van der Waals surface area contributed by atoms with Gasteiger partial charge in [0.15, 0.2) is 0 Å². The molecule has 1 saturated carbocycles. The monoisotopic (exact) mass is 291 g/mol. The third-order valence-electron chi connectivity index (χ3n) is 3.12. The first-order chi connectivity index (χ1) is 8.55. The normalized spacial score (nSPS) is 24.6. The fourth-order valence-corrected chi connectivity index (χ4v) is 4.62. The summed E-state index contributed by atoms with van der Waals surface area (Å²) in [5.41, 5.74) is 0.626. The average molecular weight is 291 g/mol. The third-order valence-corrected chi connectivity index (χ3v) is 6.13. The number of aliphatic hydroxyl groups is 1. The molecule has 0 aromatic carbocycles. The SMILES string of the molecule is COC1CCC(NS(=O)(=O)c2cc(CO)cs2)C1. The van der Waals surface area contributed by atoms with Gasteiger partial charge in [0.1, 0.15) is 4.21 Å². The highest BCUT2D eigenvalue weighted by molar-refractivity contribution is 7.91. The number of thiophene rings is 1. The molecule has 18 heavy (non-hydrogen) atoms. The summed E-state index contributed by atoms with van der Waals surface area (Å²) in [6, 6.07) is 1.45. The summed E-state index contributed by atoms with van der Waals surface area (Å²) < 4.78 is 32.3. The fraction of sp³-hybridized carbons (Fsp3) is 0.636. The smallest absolute Gasteiger partial charge is 0.250 e. The highest BCUT2D eigenvalue weighted by atomic mass is 32.2. The van der Waals surface area contributed by atoms with Gasteiger partial charge in [-0.3, -0.25) is 0 Å². The molecule has 0 saturated heterocycles. The summed E-state index contributed by atoms with van der Waals surface area (Å²) in [6.45, 7) is -0.138. The second-order valence-corrected chi connectivity index (χ2v) is 7.27. The summed E-state index contributed by atoms with van der Waals surface area (Å²) >= 11 is 1.13. The number of nitrogens with one attached hydrogen (secondary N) is 1. The molecule has 0 aliphatic heterocycles. The van der Waals surface area contributed by atoms with Gasteiger partial charge in [-0.25, -0.2) is 13.1 Å². The van der Waals surface area contributed by atoms with Gasteiger partial charge in [0.2, 0.25) is 10.0 Å². The number of hydrogen-bond donors (Lipinski definition) is 2. The molecule has 0 spiro atoms. The number of sulfonamides is 1. The molecule has 1 aromatic rings. The van der Waals surface area contributed by atoms with Crippen molar-refractivity contribution in [1.82, 2.24) is 4.72 Å². The molecule has 2 atom stereocenters. The highest BCUT2D eigenvalue weighted by Gasteiger charge is 2.29. The number of rotatable bonds is 5. The molecular formula is C11H17NO4S2. The maximum atomic E-state index is 12.1. The van der Waals surface area contributed by atoms with Crippen LogP contribution < -0.4 is 4.72 Å². The molecule has 2 unspecified atom stereocenters. The zero-order valence-corrected chi connectivity index (χ0v) is 11.8. The van der Waals surface area contributed by atoms with Crippen molar-refractivity contribution >= 4 is 21.4 Å². The van der Waals surface area contributed by atoms with Crippen molar-refractivity contribution in [3.63, 3.8) is 0 Å². The zero-order chi connectivity index (χ0) is 13.2. The molecule has 5 nitrogen and oxygen atoms in total. The molecule has 1 heterocycles. The Morgan fingerprint density at radius 1 is 1.56 bits per heavy atom. The molecule has 1 aromatic heterocycles. The lowest BCUT2D eigenvalue weighted by Crippen LogP contribution is -2.33. The summed E-state index contributed by atoms with van der Waals surface area (Å²) in [5.74, 6) is 0. The van der Waals surface area contributed by atoms with Gasteiger partial charge >= 0.3 is 0 Å². The van der Waals surface area contributed by atoms with E-state index in [4.69, 9.17) is 9.84 Å². The van der Waals surface area contributed by atoms with E-state index >= 15 is 0 Å². The number of methoxy groups -OCH3 is 1. The Labute approximate surface area is 111 Å². The molecular weight excluding hydrogens is 274 g/mol. The minimum Gasteiger partial charge on any atom is -0.392 e. The minimum atomic E-state index is -3.46. The first-order valence-electron chi connectivity index (χ1n) is 5.78. The Kier molecular flexibility index (Phi) is 4.39. The Bertz CT molecular complexity index is 497. The van der Waals surface area contributed by atoms with Crippen molar-refractivity contribution < 1.29 is 18.3 Å². The standard InChI is InChI=1S/C11H17NO4S2/c1-16-10-3-2-9(5-10)12-18(14,15)11-4-8(6-13)7-17-11/h4,7,9-10,12-13H,2-3,5-6H2,1H3. The van der Waals surface area contributed by atoms with E-state index in [1.165, 1.54) is 6.07 Å². The van der Waals surface area contributed by atoms with Crippen LogP contribution in [0.2, 0.25) is 0 Å². The van der Waals surface area contributed by atoms with Gasteiger partial charge in [-0.1, -0.05) is 0 Å². The van der Waals surface area contributed by atoms with Gasteiger partial charge in [-0.15, -0.1) is 11.3 Å². The molecule has 1 aliphatic rings. The van der Waals surface area contributed by atoms with E-state index in [1.54, 1.807) is 12.5 Å². The summed E-state index contributed by atoms with van der Waals surface area (Å²) in [6.07, 6.45) is 2.55. The summed E-state index contributed by atoms with van der Waals surface area (Å²) in [5, 5.41) is 10.6. The van der Waals surface area contributed by atoms with E-state index in [1.807, 2.05) is 0 Å². The number of aliphatic hydroxyl groups excluding tert-OH is 1. The van der Waals surface area contributed by atoms with Gasteiger partial charge in [-0.05, 0) is 36.3 Å². The molecule has 2 rings (SSSR count). The van der Waals surface area contributed by atoms with Crippen LogP contribution in [0.3, 0.4) is 0 Å². The van der Waals surface area contributed by atoms with Crippen LogP contribution in [0.25, 0.3) is 0 Å². The Morgan fingerprint density at radius 3 is 2.89 bits per heavy atom. The van der Waals surface area contributed by atoms with Crippen molar-refractivity contribution in [2.45, 2.75) is 42.2 Å². The van der Waals surface area contributed by atoms with Crippen LogP contribution in [-0.2, 0) is 21.4 Å². The third kappa shape index (κ3) is 3.10. The van der Waals surface area contributed by atoms with Crippen molar-refractivity contribution in [2.75, 3.05) is 7.11 Å². The molecule has 102 valence electrons. The van der Waals surface area contributed by atoms with E-state index < -0.39 is 10.0 Å². The van der Waals surface area contributed by atoms with E-state index in [-0.39, 0.29) is 23.0 Å². The lowest BCUT2D eigenvalue weighted by molar-refractivity contribution is 0.107. The topological polar surface area (TPSA) is 75.6 Å². The molecule has 0 bridgehead atoms. The number of hydrogen-bond acceptors (Lipinski definition) is 5. The molecule has 1 aliphatic carbocycles. The summed E-state index contributed by atoms with van der Waals surface area (Å²) in [7, 11) is -1.82. The van der Waals surface area contributed by atoms with Gasteiger partial charge < -0.3 is 9.84 Å². The predicted octanol–water partition coefficient (Wildman–Crippen LogP) is 1.09. The van der Waals surface area contributed by atoms with Crippen LogP contribution in [0, 0.1) is 0 Å². The van der Waals surface area contributed by atoms with E-state index in [2.05, 4.69) is 4.72 Å². The molecule has 0 amide bonds. The fourth-order valence-electron chi connectivity index (χ4n) is 2.12. The van der Waals surface area contributed by atoms with Gasteiger partial charge in [0.05, 0.1) is 12.7 Å². The molecule has 2 N–H and O–H groups in total. The Morgan fingerprint density at radius 2 is 2.33 bits per heavy atom. The van der Waals surface area contributed by atoms with Crippen LogP contribution in [0.4, 0.5) is 0 Å². The highest BCUT2D eigenvalue weighted by Crippen LogP contribution is 2.25. The van der Waals surface area contributed by atoms with Crippen molar-refractivity contribution in [1.29, 1.82) is 0 Å². The molecule has 1 fully saturated rings. The van der Waals surface area contributed by atoms with Crippen LogP contribution in [0.15, 0.2) is 15.7 Å². The Hall–Kier alpha value is -0.470. The van der Waals surface area contributed by atoms with Crippen LogP contribution in [0.1, 0.15) is 24.8 Å². The minimum absolute atomic E-state index is 0.0559. The maximum absolute atomic E-state index is 12.1.